The third-order valence-corrected chi connectivity index (χ3v) is 4.09. The van der Waals surface area contributed by atoms with Crippen molar-refractivity contribution in [1.29, 1.82) is 0 Å². The Labute approximate surface area is 125 Å². The second-order valence-corrected chi connectivity index (χ2v) is 5.87. The molecule has 1 fully saturated rings. The lowest BCUT2D eigenvalue weighted by Crippen LogP contribution is -2.36. The van der Waals surface area contributed by atoms with Gasteiger partial charge in [-0.05, 0) is 57.0 Å². The second kappa shape index (κ2) is 7.09. The van der Waals surface area contributed by atoms with E-state index in [0.29, 0.717) is 29.5 Å². The minimum atomic E-state index is 0.129. The number of rotatable bonds is 5. The molecule has 1 aromatic carbocycles. The smallest absolute Gasteiger partial charge is 0.176 e. The molecule has 0 N–H and O–H groups in total. The summed E-state index contributed by atoms with van der Waals surface area (Å²) in [4.78, 5) is 14.5. The average Bonchev–Trinajstić information content (AvgIpc) is 2.44. The fraction of sp³-hybridized carbons (Fsp3) is 0.562. The molecule has 0 amide bonds. The van der Waals surface area contributed by atoms with Gasteiger partial charge in [0.05, 0.1) is 18.2 Å². The van der Waals surface area contributed by atoms with E-state index in [-0.39, 0.29) is 5.78 Å². The van der Waals surface area contributed by atoms with Gasteiger partial charge >= 0.3 is 0 Å². The van der Waals surface area contributed by atoms with Gasteiger partial charge in [0.15, 0.2) is 5.78 Å². The van der Waals surface area contributed by atoms with Crippen LogP contribution in [0.4, 0.5) is 0 Å². The van der Waals surface area contributed by atoms with Crippen LogP contribution >= 0.6 is 11.6 Å². The van der Waals surface area contributed by atoms with E-state index in [1.165, 1.54) is 12.8 Å². The van der Waals surface area contributed by atoms with Gasteiger partial charge in [-0.1, -0.05) is 18.5 Å². The number of carbonyl (C=O) groups excluding carboxylic acids is 1. The quantitative estimate of drug-likeness (QED) is 0.777. The molecule has 1 aliphatic heterocycles. The van der Waals surface area contributed by atoms with Gasteiger partial charge in [-0.3, -0.25) is 9.69 Å². The summed E-state index contributed by atoms with van der Waals surface area (Å²) < 4.78 is 5.38. The molecule has 0 aliphatic carbocycles. The van der Waals surface area contributed by atoms with Gasteiger partial charge in [0.2, 0.25) is 0 Å². The number of hydrogen-bond donors (Lipinski definition) is 0. The van der Waals surface area contributed by atoms with Crippen molar-refractivity contribution in [1.82, 2.24) is 4.90 Å². The van der Waals surface area contributed by atoms with Gasteiger partial charge < -0.3 is 4.74 Å². The minimum absolute atomic E-state index is 0.129. The van der Waals surface area contributed by atoms with Gasteiger partial charge in [-0.2, -0.15) is 0 Å². The van der Waals surface area contributed by atoms with Crippen LogP contribution in [0.2, 0.25) is 5.02 Å². The number of ether oxygens (including phenoxy) is 1. The Morgan fingerprint density at radius 2 is 2.10 bits per heavy atom. The number of ketones is 1. The van der Waals surface area contributed by atoms with Gasteiger partial charge in [0.1, 0.15) is 5.75 Å². The molecule has 2 rings (SSSR count). The molecule has 20 heavy (non-hydrogen) atoms. The van der Waals surface area contributed by atoms with E-state index in [0.717, 1.165) is 19.0 Å². The highest BCUT2D eigenvalue weighted by Crippen LogP contribution is 2.26. The first kappa shape index (κ1) is 15.3. The normalized spacial score (nSPS) is 17.1. The fourth-order valence-electron chi connectivity index (χ4n) is 2.46. The predicted octanol–water partition coefficient (Wildman–Crippen LogP) is 3.65. The topological polar surface area (TPSA) is 29.5 Å². The lowest BCUT2D eigenvalue weighted by molar-refractivity contribution is 0.0900. The monoisotopic (exact) mass is 295 g/mol. The summed E-state index contributed by atoms with van der Waals surface area (Å²) in [6, 6.07) is 5.28. The molecule has 1 saturated heterocycles. The van der Waals surface area contributed by atoms with E-state index in [4.69, 9.17) is 16.3 Å². The number of benzene rings is 1. The molecule has 3 nitrogen and oxygen atoms in total. The van der Waals surface area contributed by atoms with Crippen LogP contribution in [0.1, 0.15) is 37.0 Å². The molecule has 0 unspecified atom stereocenters. The Hall–Kier alpha value is -1.06. The van der Waals surface area contributed by atoms with Crippen molar-refractivity contribution in [2.75, 3.05) is 26.2 Å². The Kier molecular flexibility index (Phi) is 5.44. The number of likely N-dealkylation sites (tertiary alicyclic amines) is 1. The van der Waals surface area contributed by atoms with Crippen molar-refractivity contribution < 1.29 is 9.53 Å². The minimum Gasteiger partial charge on any atom is -0.492 e. The summed E-state index contributed by atoms with van der Waals surface area (Å²) in [6.45, 7) is 7.25. The summed E-state index contributed by atoms with van der Waals surface area (Å²) >= 11 is 6.12. The molecule has 0 atom stereocenters. The first-order chi connectivity index (χ1) is 9.60. The highest BCUT2D eigenvalue weighted by atomic mass is 35.5. The van der Waals surface area contributed by atoms with Crippen LogP contribution in [0.15, 0.2) is 18.2 Å². The van der Waals surface area contributed by atoms with Crippen LogP contribution in [-0.4, -0.2) is 36.9 Å². The summed E-state index contributed by atoms with van der Waals surface area (Å²) in [5.74, 6) is 1.54. The summed E-state index contributed by atoms with van der Waals surface area (Å²) in [7, 11) is 0. The predicted molar refractivity (Wildman–Crippen MR) is 81.8 cm³/mol. The number of nitrogens with zero attached hydrogens (tertiary/aromatic N) is 1. The lowest BCUT2D eigenvalue weighted by Gasteiger charge is -2.29. The lowest BCUT2D eigenvalue weighted by atomic mass is 9.99. The molecule has 0 aromatic heterocycles. The summed E-state index contributed by atoms with van der Waals surface area (Å²) in [6.07, 6.45) is 2.36. The highest BCUT2D eigenvalue weighted by Gasteiger charge is 2.19. The van der Waals surface area contributed by atoms with Gasteiger partial charge in [-0.25, -0.2) is 0 Å². The van der Waals surface area contributed by atoms with Crippen LogP contribution in [0.3, 0.4) is 0 Å². The number of halogens is 1. The van der Waals surface area contributed by atoms with Crippen molar-refractivity contribution in [2.45, 2.75) is 26.7 Å². The van der Waals surface area contributed by atoms with E-state index in [1.54, 1.807) is 18.2 Å². The SMILES string of the molecule is CCOc1ccc(C(=O)CN2CCC(C)CC2)cc1Cl. The Balaban J connectivity index is 1.97. The van der Waals surface area contributed by atoms with Crippen LogP contribution in [0.5, 0.6) is 5.75 Å². The standard InChI is InChI=1S/C16H22ClNO2/c1-3-20-16-5-4-13(10-14(16)17)15(19)11-18-8-6-12(2)7-9-18/h4-5,10,12H,3,6-9,11H2,1-2H3. The Morgan fingerprint density at radius 1 is 1.40 bits per heavy atom. The molecule has 0 saturated carbocycles. The molecule has 1 aromatic rings. The molecular formula is C16H22ClNO2. The summed E-state index contributed by atoms with van der Waals surface area (Å²) in [5, 5.41) is 0.505. The number of Topliss-reactive ketones (excluding diaryl/α,β-unsaturated/α-hetero) is 1. The average molecular weight is 296 g/mol. The van der Waals surface area contributed by atoms with Crippen molar-refractivity contribution in [3.05, 3.63) is 28.8 Å². The van der Waals surface area contributed by atoms with Crippen LogP contribution in [0, 0.1) is 5.92 Å². The molecule has 110 valence electrons. The van der Waals surface area contributed by atoms with Crippen molar-refractivity contribution >= 4 is 17.4 Å². The highest BCUT2D eigenvalue weighted by molar-refractivity contribution is 6.32. The zero-order valence-corrected chi connectivity index (χ0v) is 12.9. The maximum absolute atomic E-state index is 12.3. The van der Waals surface area contributed by atoms with E-state index >= 15 is 0 Å². The molecule has 1 aliphatic rings. The fourth-order valence-corrected chi connectivity index (χ4v) is 2.70. The van der Waals surface area contributed by atoms with Crippen LogP contribution in [0.25, 0.3) is 0 Å². The van der Waals surface area contributed by atoms with Crippen molar-refractivity contribution in [3.8, 4) is 5.75 Å². The first-order valence-corrected chi connectivity index (χ1v) is 7.66. The molecule has 0 bridgehead atoms. The van der Waals surface area contributed by atoms with E-state index < -0.39 is 0 Å². The largest absolute Gasteiger partial charge is 0.492 e. The van der Waals surface area contributed by atoms with E-state index in [1.807, 2.05) is 6.92 Å². The zero-order valence-electron chi connectivity index (χ0n) is 12.2. The van der Waals surface area contributed by atoms with Crippen molar-refractivity contribution in [3.63, 3.8) is 0 Å². The van der Waals surface area contributed by atoms with Crippen molar-refractivity contribution in [2.24, 2.45) is 5.92 Å². The van der Waals surface area contributed by atoms with Gasteiger partial charge in [0, 0.05) is 5.56 Å². The second-order valence-electron chi connectivity index (χ2n) is 5.46. The van der Waals surface area contributed by atoms with E-state index in [9.17, 15) is 4.79 Å². The van der Waals surface area contributed by atoms with Crippen LogP contribution < -0.4 is 4.74 Å². The maximum atomic E-state index is 12.3. The number of carbonyl (C=O) groups is 1. The third kappa shape index (κ3) is 3.97. The third-order valence-electron chi connectivity index (χ3n) is 3.80. The molecule has 1 heterocycles. The van der Waals surface area contributed by atoms with Gasteiger partial charge in [-0.15, -0.1) is 0 Å². The zero-order chi connectivity index (χ0) is 14.5. The Morgan fingerprint density at radius 3 is 2.70 bits per heavy atom. The van der Waals surface area contributed by atoms with E-state index in [2.05, 4.69) is 11.8 Å². The number of piperidine rings is 1. The Bertz CT molecular complexity index is 468. The molecule has 0 radical (unpaired) electrons. The number of hydrogen-bond acceptors (Lipinski definition) is 3. The molecular weight excluding hydrogens is 274 g/mol. The molecule has 4 heteroatoms. The molecule has 0 spiro atoms. The first-order valence-electron chi connectivity index (χ1n) is 7.28. The summed E-state index contributed by atoms with van der Waals surface area (Å²) in [5.41, 5.74) is 0.664. The maximum Gasteiger partial charge on any atom is 0.176 e. The van der Waals surface area contributed by atoms with Gasteiger partial charge in [0.25, 0.3) is 0 Å². The van der Waals surface area contributed by atoms with Crippen LogP contribution in [-0.2, 0) is 0 Å².